The second-order valence-corrected chi connectivity index (χ2v) is 9.21. The third-order valence-electron chi connectivity index (χ3n) is 4.98. The van der Waals surface area contributed by atoms with Gasteiger partial charge in [0.2, 0.25) is 0 Å². The Morgan fingerprint density at radius 1 is 1.07 bits per heavy atom. The molecular weight excluding hydrogens is 438 g/mol. The first kappa shape index (κ1) is 21.2. The highest BCUT2D eigenvalue weighted by atomic mass is 35.5. The molecule has 0 spiro atoms. The van der Waals surface area contributed by atoms with E-state index in [0.29, 0.717) is 21.6 Å². The second kappa shape index (κ2) is 8.57. The molecule has 8 heteroatoms. The molecule has 2 heterocycles. The first-order chi connectivity index (χ1) is 14.5. The van der Waals surface area contributed by atoms with Gasteiger partial charge in [-0.05, 0) is 62.4 Å². The lowest BCUT2D eigenvalue weighted by Gasteiger charge is -2.19. The van der Waals surface area contributed by atoms with Crippen LogP contribution >= 0.6 is 35.1 Å². The number of halogens is 1. The van der Waals surface area contributed by atoms with Crippen LogP contribution in [0.15, 0.2) is 56.2 Å². The molecule has 1 fully saturated rings. The minimum absolute atomic E-state index is 0.0137. The van der Waals surface area contributed by atoms with Crippen LogP contribution in [0.25, 0.3) is 0 Å². The van der Waals surface area contributed by atoms with E-state index in [1.165, 1.54) is 11.8 Å². The zero-order valence-corrected chi connectivity index (χ0v) is 19.6. The standard InChI is InChI=1S/C22H22ClN3O2S2/c1-5-25-17-12-15(28-4)9-10-18(17)29-21(25)19-20(27)26(6-2)22(30-19)24-14-8-7-13(3)16(23)11-14/h7-12H,5-6H2,1-4H3. The highest BCUT2D eigenvalue weighted by Gasteiger charge is 2.39. The maximum Gasteiger partial charge on any atom is 0.269 e. The van der Waals surface area contributed by atoms with Gasteiger partial charge < -0.3 is 9.64 Å². The molecule has 156 valence electrons. The van der Waals surface area contributed by atoms with Crippen molar-refractivity contribution in [3.05, 3.63) is 56.9 Å². The van der Waals surface area contributed by atoms with Crippen molar-refractivity contribution < 1.29 is 9.53 Å². The van der Waals surface area contributed by atoms with E-state index in [9.17, 15) is 4.79 Å². The maximum absolute atomic E-state index is 13.3. The maximum atomic E-state index is 13.3. The molecule has 0 atom stereocenters. The Kier molecular flexibility index (Phi) is 6.04. The lowest BCUT2D eigenvalue weighted by atomic mass is 10.2. The number of rotatable bonds is 4. The van der Waals surface area contributed by atoms with E-state index < -0.39 is 0 Å². The minimum Gasteiger partial charge on any atom is -0.497 e. The zero-order valence-electron chi connectivity index (χ0n) is 17.2. The van der Waals surface area contributed by atoms with E-state index in [0.717, 1.165) is 39.2 Å². The summed E-state index contributed by atoms with van der Waals surface area (Å²) in [5, 5.41) is 2.29. The second-order valence-electron chi connectivity index (χ2n) is 6.79. The van der Waals surface area contributed by atoms with Gasteiger partial charge in [0.1, 0.15) is 15.7 Å². The first-order valence-electron chi connectivity index (χ1n) is 9.69. The topological polar surface area (TPSA) is 45.1 Å². The number of likely N-dealkylation sites (N-methyl/N-ethyl adjacent to an activating group) is 1. The molecule has 4 rings (SSSR count). The summed E-state index contributed by atoms with van der Waals surface area (Å²) in [6.07, 6.45) is 0. The number of ether oxygens (including phenoxy) is 1. The molecule has 1 amide bonds. The molecule has 0 N–H and O–H groups in total. The fourth-order valence-electron chi connectivity index (χ4n) is 3.33. The molecule has 0 saturated carbocycles. The van der Waals surface area contributed by atoms with Crippen LogP contribution in [-0.2, 0) is 4.79 Å². The molecule has 2 aromatic rings. The molecule has 1 saturated heterocycles. The molecular formula is C22H22ClN3O2S2. The van der Waals surface area contributed by atoms with Gasteiger partial charge in [0, 0.05) is 29.1 Å². The van der Waals surface area contributed by atoms with Crippen LogP contribution in [0.3, 0.4) is 0 Å². The van der Waals surface area contributed by atoms with E-state index >= 15 is 0 Å². The van der Waals surface area contributed by atoms with Gasteiger partial charge in [-0.25, -0.2) is 4.99 Å². The molecule has 5 nitrogen and oxygen atoms in total. The van der Waals surface area contributed by atoms with E-state index in [-0.39, 0.29) is 5.91 Å². The van der Waals surface area contributed by atoms with Crippen LogP contribution in [0.2, 0.25) is 5.02 Å². The van der Waals surface area contributed by atoms with Gasteiger partial charge in [-0.3, -0.25) is 9.69 Å². The number of carbonyl (C=O) groups excluding carboxylic acids is 1. The monoisotopic (exact) mass is 459 g/mol. The normalized spacial score (nSPS) is 19.8. The lowest BCUT2D eigenvalue weighted by Crippen LogP contribution is -2.29. The number of aryl methyl sites for hydroxylation is 1. The molecule has 2 aliphatic rings. The Labute approximate surface area is 190 Å². The van der Waals surface area contributed by atoms with Crippen molar-refractivity contribution in [1.29, 1.82) is 0 Å². The quantitative estimate of drug-likeness (QED) is 0.521. The summed E-state index contributed by atoms with van der Waals surface area (Å²) in [5.74, 6) is 0.790. The molecule has 0 aromatic heterocycles. The average molecular weight is 460 g/mol. The number of fused-ring (bicyclic) bond motifs is 1. The van der Waals surface area contributed by atoms with Crippen molar-refractivity contribution in [3.8, 4) is 5.75 Å². The van der Waals surface area contributed by atoms with E-state index in [4.69, 9.17) is 21.3 Å². The number of aliphatic imine (C=N–C) groups is 1. The van der Waals surface area contributed by atoms with E-state index in [1.54, 1.807) is 23.8 Å². The van der Waals surface area contributed by atoms with E-state index in [2.05, 4.69) is 11.8 Å². The largest absolute Gasteiger partial charge is 0.497 e. The first-order valence-corrected chi connectivity index (χ1v) is 11.7. The number of methoxy groups -OCH3 is 1. The van der Waals surface area contributed by atoms with Crippen LogP contribution in [0.4, 0.5) is 11.4 Å². The van der Waals surface area contributed by atoms with Crippen molar-refractivity contribution in [1.82, 2.24) is 4.90 Å². The van der Waals surface area contributed by atoms with Crippen LogP contribution in [0, 0.1) is 6.92 Å². The predicted octanol–water partition coefficient (Wildman–Crippen LogP) is 6.04. The van der Waals surface area contributed by atoms with Gasteiger partial charge in [-0.15, -0.1) is 0 Å². The number of amidine groups is 1. The Hall–Kier alpha value is -2.09. The van der Waals surface area contributed by atoms with Crippen molar-refractivity contribution in [3.63, 3.8) is 0 Å². The highest BCUT2D eigenvalue weighted by molar-refractivity contribution is 8.19. The Bertz CT molecular complexity index is 1080. The molecule has 30 heavy (non-hydrogen) atoms. The molecule has 2 aliphatic heterocycles. The Morgan fingerprint density at radius 2 is 1.83 bits per heavy atom. The van der Waals surface area contributed by atoms with Gasteiger partial charge in [-0.1, -0.05) is 29.4 Å². The van der Waals surface area contributed by atoms with Crippen molar-refractivity contribution in [2.75, 3.05) is 25.1 Å². The number of hydrogen-bond acceptors (Lipinski definition) is 6. The van der Waals surface area contributed by atoms with Crippen molar-refractivity contribution >= 4 is 57.6 Å². The summed E-state index contributed by atoms with van der Waals surface area (Å²) in [5.41, 5.74) is 2.81. The fourth-order valence-corrected chi connectivity index (χ4v) is 5.94. The van der Waals surface area contributed by atoms with Crippen LogP contribution in [0.5, 0.6) is 5.75 Å². The smallest absolute Gasteiger partial charge is 0.269 e. The number of carbonyl (C=O) groups is 1. The molecule has 0 radical (unpaired) electrons. The number of hydrogen-bond donors (Lipinski definition) is 0. The minimum atomic E-state index is -0.0137. The molecule has 2 aromatic carbocycles. The van der Waals surface area contributed by atoms with Gasteiger partial charge >= 0.3 is 0 Å². The van der Waals surface area contributed by atoms with Gasteiger partial charge in [0.15, 0.2) is 5.17 Å². The molecule has 0 bridgehead atoms. The highest BCUT2D eigenvalue weighted by Crippen LogP contribution is 2.51. The lowest BCUT2D eigenvalue weighted by molar-refractivity contribution is -0.122. The Balaban J connectivity index is 1.74. The third kappa shape index (κ3) is 3.70. The van der Waals surface area contributed by atoms with Crippen LogP contribution < -0.4 is 9.64 Å². The van der Waals surface area contributed by atoms with Crippen LogP contribution in [0.1, 0.15) is 19.4 Å². The summed E-state index contributed by atoms with van der Waals surface area (Å²) >= 11 is 9.30. The van der Waals surface area contributed by atoms with Crippen molar-refractivity contribution in [2.24, 2.45) is 4.99 Å². The number of thioether (sulfide) groups is 2. The van der Waals surface area contributed by atoms with Crippen molar-refractivity contribution in [2.45, 2.75) is 25.7 Å². The summed E-state index contributed by atoms with van der Waals surface area (Å²) in [4.78, 5) is 23.7. The molecule has 0 unspecified atom stereocenters. The van der Waals surface area contributed by atoms with Gasteiger partial charge in [-0.2, -0.15) is 0 Å². The number of nitrogens with zero attached hydrogens (tertiary/aromatic N) is 3. The fraction of sp³-hybridized carbons (Fsp3) is 0.273. The number of anilines is 1. The summed E-state index contributed by atoms with van der Waals surface area (Å²) in [6.45, 7) is 7.31. The Morgan fingerprint density at radius 3 is 2.50 bits per heavy atom. The van der Waals surface area contributed by atoms with Gasteiger partial charge in [0.25, 0.3) is 5.91 Å². The molecule has 0 aliphatic carbocycles. The third-order valence-corrected chi connectivity index (χ3v) is 7.76. The zero-order chi connectivity index (χ0) is 21.4. The predicted molar refractivity (Wildman–Crippen MR) is 127 cm³/mol. The average Bonchev–Trinajstić information content (AvgIpc) is 3.26. The van der Waals surface area contributed by atoms with Gasteiger partial charge in [0.05, 0.1) is 18.5 Å². The SMILES string of the molecule is CCN1C(=O)C(=C2Sc3ccc(OC)cc3N2CC)SC1=Nc1ccc(C)c(Cl)c1. The number of benzene rings is 2. The number of amides is 1. The summed E-state index contributed by atoms with van der Waals surface area (Å²) in [7, 11) is 1.66. The van der Waals surface area contributed by atoms with E-state index in [1.807, 2.05) is 50.2 Å². The van der Waals surface area contributed by atoms with Crippen LogP contribution in [-0.4, -0.2) is 36.2 Å². The summed E-state index contributed by atoms with van der Waals surface area (Å²) < 4.78 is 5.39. The summed E-state index contributed by atoms with van der Waals surface area (Å²) in [6, 6.07) is 11.7.